The molecule has 8 nitrogen and oxygen atoms in total. The number of carbonyl (C=O) groups is 1. The van der Waals surface area contributed by atoms with Gasteiger partial charge in [0.2, 0.25) is 0 Å². The van der Waals surface area contributed by atoms with Gasteiger partial charge in [0, 0.05) is 12.5 Å². The van der Waals surface area contributed by atoms with Crippen molar-refractivity contribution in [3.8, 4) is 0 Å². The van der Waals surface area contributed by atoms with Crippen LogP contribution in [0.4, 0.5) is 0 Å². The number of para-hydroxylation sites is 2. The van der Waals surface area contributed by atoms with E-state index in [0.717, 1.165) is 24.2 Å². The van der Waals surface area contributed by atoms with E-state index in [1.54, 1.807) is 0 Å². The van der Waals surface area contributed by atoms with Crippen molar-refractivity contribution in [1.29, 1.82) is 0 Å². The normalized spacial score (nSPS) is 15.5. The number of carbonyl (C=O) groups excluding carboxylic acids is 1. The van der Waals surface area contributed by atoms with E-state index >= 15 is 0 Å². The quantitative estimate of drug-likeness (QED) is 0.168. The molecule has 1 aliphatic rings. The van der Waals surface area contributed by atoms with Crippen molar-refractivity contribution in [3.05, 3.63) is 54.3 Å². The van der Waals surface area contributed by atoms with Crippen molar-refractivity contribution < 1.29 is 14.6 Å². The first-order valence-corrected chi connectivity index (χ1v) is 11.7. The van der Waals surface area contributed by atoms with Gasteiger partial charge < -0.3 is 19.4 Å². The minimum atomic E-state index is -0.655. The van der Waals surface area contributed by atoms with Gasteiger partial charge in [0.25, 0.3) is 0 Å². The molecule has 1 aliphatic carbocycles. The lowest BCUT2D eigenvalue weighted by Gasteiger charge is -2.21. The smallest absolute Gasteiger partial charge is 0.345 e. The number of imidazole rings is 1. The molecule has 0 unspecified atom stereocenters. The number of aromatic nitrogens is 5. The summed E-state index contributed by atoms with van der Waals surface area (Å²) in [6.45, 7) is 4.46. The van der Waals surface area contributed by atoms with Crippen LogP contribution in [-0.2, 0) is 16.1 Å². The van der Waals surface area contributed by atoms with Crippen molar-refractivity contribution >= 4 is 34.3 Å². The molecule has 168 valence electrons. The third-order valence-corrected chi connectivity index (χ3v) is 6.65. The molecule has 9 heteroatoms. The molecule has 0 aliphatic heterocycles. The van der Waals surface area contributed by atoms with E-state index in [1.165, 1.54) is 38.1 Å². The average molecular weight is 454 g/mol. The highest BCUT2D eigenvalue weighted by atomic mass is 32.2. The number of aliphatic hydroxyl groups is 1. The van der Waals surface area contributed by atoms with Crippen LogP contribution in [0.3, 0.4) is 0 Å². The first-order valence-electron chi connectivity index (χ1n) is 10.7. The summed E-state index contributed by atoms with van der Waals surface area (Å²) in [5, 5.41) is 20.4. The zero-order valence-corrected chi connectivity index (χ0v) is 18.9. The fourth-order valence-electron chi connectivity index (χ4n) is 4.10. The highest BCUT2D eigenvalue weighted by Crippen LogP contribution is 2.34. The minimum absolute atomic E-state index is 0.0125. The molecule has 0 spiro atoms. The minimum Gasteiger partial charge on any atom is -0.510 e. The topological polar surface area (TPSA) is 106 Å². The molecule has 0 saturated heterocycles. The van der Waals surface area contributed by atoms with Crippen LogP contribution in [0.5, 0.6) is 0 Å². The summed E-state index contributed by atoms with van der Waals surface area (Å²) in [4.78, 5) is 20.0. The lowest BCUT2D eigenvalue weighted by atomic mass is 9.89. The summed E-state index contributed by atoms with van der Waals surface area (Å²) in [7, 11) is 1.28. The standard InChI is InChI=1S/C23H27N5O3S/c1-3-13-28-21(15-9-5-4-6-10-15)26-27-23(28)32-14-18(29)19(22(30)31-2)20-24-16-11-7-8-12-17(16)25-20/h3,7-8,11-12,15,29H,1,4-6,9-10,13-14H2,2H3,(H,24,25)/b19-18+. The number of esters is 1. The predicted octanol–water partition coefficient (Wildman–Crippen LogP) is 4.62. The molecule has 2 heterocycles. The monoisotopic (exact) mass is 453 g/mol. The summed E-state index contributed by atoms with van der Waals surface area (Å²) in [5.74, 6) is 0.982. The molecular formula is C23H27N5O3S. The first kappa shape index (κ1) is 22.1. The van der Waals surface area contributed by atoms with Gasteiger partial charge in [-0.15, -0.1) is 16.8 Å². The Morgan fingerprint density at radius 3 is 2.81 bits per heavy atom. The second-order valence-electron chi connectivity index (χ2n) is 7.78. The van der Waals surface area contributed by atoms with Crippen LogP contribution in [0.2, 0.25) is 0 Å². The number of fused-ring (bicyclic) bond motifs is 1. The number of benzene rings is 1. The number of rotatable bonds is 8. The van der Waals surface area contributed by atoms with Gasteiger partial charge in [0.15, 0.2) is 5.16 Å². The number of hydrogen-bond donors (Lipinski definition) is 2. The Balaban J connectivity index is 1.61. The van der Waals surface area contributed by atoms with Crippen molar-refractivity contribution in [3.63, 3.8) is 0 Å². The maximum atomic E-state index is 12.5. The molecular weight excluding hydrogens is 426 g/mol. The maximum absolute atomic E-state index is 12.5. The summed E-state index contributed by atoms with van der Waals surface area (Å²) in [6, 6.07) is 7.43. The molecule has 32 heavy (non-hydrogen) atoms. The first-order chi connectivity index (χ1) is 15.6. The fraction of sp³-hybridized carbons (Fsp3) is 0.391. The van der Waals surface area contributed by atoms with Crippen molar-refractivity contribution in [2.45, 2.75) is 49.7 Å². The number of methoxy groups -OCH3 is 1. The molecule has 2 N–H and O–H groups in total. The Labute approximate surface area is 190 Å². The van der Waals surface area contributed by atoms with Crippen molar-refractivity contribution in [2.75, 3.05) is 12.9 Å². The Kier molecular flexibility index (Phi) is 6.94. The lowest BCUT2D eigenvalue weighted by molar-refractivity contribution is -0.133. The van der Waals surface area contributed by atoms with Crippen molar-refractivity contribution in [1.82, 2.24) is 24.7 Å². The van der Waals surface area contributed by atoms with Gasteiger partial charge >= 0.3 is 5.97 Å². The zero-order valence-electron chi connectivity index (χ0n) is 18.1. The summed E-state index contributed by atoms with van der Waals surface area (Å²) < 4.78 is 6.96. The van der Waals surface area contributed by atoms with E-state index in [-0.39, 0.29) is 22.9 Å². The van der Waals surface area contributed by atoms with E-state index in [0.29, 0.717) is 23.1 Å². The Morgan fingerprint density at radius 2 is 2.09 bits per heavy atom. The SMILES string of the molecule is C=CCn1c(SC/C(O)=C(\C(=O)OC)c2nc3ccccc3[nH]2)nnc1C1CCCCC1. The fourth-order valence-corrected chi connectivity index (χ4v) is 4.93. The number of nitrogens with one attached hydrogen (secondary N) is 1. The zero-order chi connectivity index (χ0) is 22.5. The Bertz CT molecular complexity index is 1110. The summed E-state index contributed by atoms with van der Waals surface area (Å²) in [5.41, 5.74) is 1.48. The Hall–Kier alpha value is -3.07. The van der Waals surface area contributed by atoms with Crippen LogP contribution >= 0.6 is 11.8 Å². The number of aromatic amines is 1. The van der Waals surface area contributed by atoms with Gasteiger partial charge in [-0.05, 0) is 25.0 Å². The molecule has 2 aromatic heterocycles. The summed E-state index contributed by atoms with van der Waals surface area (Å²) >= 11 is 1.32. The highest BCUT2D eigenvalue weighted by Gasteiger charge is 2.25. The number of aliphatic hydroxyl groups excluding tert-OH is 1. The molecule has 4 rings (SSSR count). The van der Waals surface area contributed by atoms with Gasteiger partial charge in [-0.25, -0.2) is 9.78 Å². The second kappa shape index (κ2) is 10.0. The maximum Gasteiger partial charge on any atom is 0.345 e. The Morgan fingerprint density at radius 1 is 1.31 bits per heavy atom. The molecule has 0 amide bonds. The van der Waals surface area contributed by atoms with E-state index in [2.05, 4.69) is 31.3 Å². The highest BCUT2D eigenvalue weighted by molar-refractivity contribution is 7.99. The molecule has 1 aromatic carbocycles. The van der Waals surface area contributed by atoms with Crippen LogP contribution in [-0.4, -0.2) is 48.7 Å². The van der Waals surface area contributed by atoms with E-state index < -0.39 is 5.97 Å². The molecule has 3 aromatic rings. The predicted molar refractivity (Wildman–Crippen MR) is 124 cm³/mol. The third-order valence-electron chi connectivity index (χ3n) is 5.67. The summed E-state index contributed by atoms with van der Waals surface area (Å²) in [6.07, 6.45) is 7.73. The molecule has 0 bridgehead atoms. The number of ether oxygens (including phenoxy) is 1. The third kappa shape index (κ3) is 4.57. The van der Waals surface area contributed by atoms with Gasteiger partial charge in [-0.3, -0.25) is 0 Å². The molecule has 1 saturated carbocycles. The van der Waals surface area contributed by atoms with E-state index in [9.17, 15) is 9.90 Å². The van der Waals surface area contributed by atoms with Crippen LogP contribution < -0.4 is 0 Å². The van der Waals surface area contributed by atoms with E-state index in [4.69, 9.17) is 4.74 Å². The van der Waals surface area contributed by atoms with Crippen LogP contribution in [0, 0.1) is 0 Å². The average Bonchev–Trinajstić information content (AvgIpc) is 3.42. The van der Waals surface area contributed by atoms with E-state index in [1.807, 2.05) is 30.3 Å². The number of allylic oxidation sites excluding steroid dienone is 1. The van der Waals surface area contributed by atoms with Gasteiger partial charge in [0.05, 0.1) is 23.9 Å². The largest absolute Gasteiger partial charge is 0.510 e. The van der Waals surface area contributed by atoms with Crippen LogP contribution in [0.15, 0.2) is 47.8 Å². The van der Waals surface area contributed by atoms with Gasteiger partial charge in [0.1, 0.15) is 23.0 Å². The van der Waals surface area contributed by atoms with Gasteiger partial charge in [-0.1, -0.05) is 49.2 Å². The number of hydrogen-bond acceptors (Lipinski definition) is 7. The number of H-pyrrole nitrogens is 1. The van der Waals surface area contributed by atoms with Crippen LogP contribution in [0.25, 0.3) is 16.6 Å². The second-order valence-corrected chi connectivity index (χ2v) is 8.72. The van der Waals surface area contributed by atoms with Crippen LogP contribution in [0.1, 0.15) is 49.7 Å². The molecule has 0 atom stereocenters. The lowest BCUT2D eigenvalue weighted by Crippen LogP contribution is -2.13. The van der Waals surface area contributed by atoms with Crippen molar-refractivity contribution in [2.24, 2.45) is 0 Å². The van der Waals surface area contributed by atoms with Gasteiger partial charge in [-0.2, -0.15) is 0 Å². The number of thioether (sulfide) groups is 1. The molecule has 0 radical (unpaired) electrons. The molecule has 1 fully saturated rings. The number of nitrogens with zero attached hydrogens (tertiary/aromatic N) is 4.